The van der Waals surface area contributed by atoms with Gasteiger partial charge in [0.2, 0.25) is 0 Å². The first kappa shape index (κ1) is 24.7. The van der Waals surface area contributed by atoms with Crippen molar-refractivity contribution >= 4 is 41.3 Å². The number of ether oxygens (including phenoxy) is 1. The van der Waals surface area contributed by atoms with E-state index in [1.807, 2.05) is 0 Å². The van der Waals surface area contributed by atoms with Gasteiger partial charge < -0.3 is 15.8 Å². The lowest BCUT2D eigenvalue weighted by Crippen LogP contribution is -2.43. The van der Waals surface area contributed by atoms with Crippen molar-refractivity contribution in [1.29, 1.82) is 0 Å². The highest BCUT2D eigenvalue weighted by Crippen LogP contribution is 2.36. The molecule has 2 unspecified atom stereocenters. The van der Waals surface area contributed by atoms with E-state index in [4.69, 9.17) is 5.73 Å². The van der Waals surface area contributed by atoms with Crippen molar-refractivity contribution < 1.29 is 17.9 Å². The Hall–Kier alpha value is -1.53. The molecule has 2 aromatic rings. The van der Waals surface area contributed by atoms with Crippen LogP contribution in [0, 0.1) is 5.92 Å². The lowest BCUT2D eigenvalue weighted by Gasteiger charge is -2.39. The van der Waals surface area contributed by atoms with Crippen LogP contribution in [0.4, 0.5) is 13.2 Å². The number of hydrogen-bond donors (Lipinski definition) is 2. The highest BCUT2D eigenvalue weighted by molar-refractivity contribution is 14.0. The zero-order valence-electron chi connectivity index (χ0n) is 16.6. The Kier molecular flexibility index (Phi) is 9.23. The summed E-state index contributed by atoms with van der Waals surface area (Å²) in [4.78, 5) is 8.04. The molecule has 1 saturated heterocycles. The Morgan fingerprint density at radius 1 is 1.30 bits per heavy atom. The number of piperidine rings is 1. The van der Waals surface area contributed by atoms with E-state index in [2.05, 4.69) is 44.5 Å². The summed E-state index contributed by atoms with van der Waals surface area (Å²) < 4.78 is 40.5. The monoisotopic (exact) mass is 554 g/mol. The highest BCUT2D eigenvalue weighted by Gasteiger charge is 2.31. The van der Waals surface area contributed by atoms with Gasteiger partial charge in [-0.2, -0.15) is 0 Å². The molecular formula is C20H26F3IN4OS. The molecule has 1 aliphatic rings. The second kappa shape index (κ2) is 11.2. The normalized spacial score (nSPS) is 20.5. The molecule has 2 heterocycles. The fourth-order valence-corrected chi connectivity index (χ4v) is 4.63. The molecule has 2 atom stereocenters. The van der Waals surface area contributed by atoms with E-state index >= 15 is 0 Å². The van der Waals surface area contributed by atoms with Crippen LogP contribution in [0.15, 0.2) is 46.8 Å². The fraction of sp³-hybridized carbons (Fsp3) is 0.450. The average molecular weight is 554 g/mol. The molecule has 0 saturated carbocycles. The number of halogens is 4. The molecule has 3 N–H and O–H groups in total. The topological polar surface area (TPSA) is 62.9 Å². The van der Waals surface area contributed by atoms with Gasteiger partial charge in [0.15, 0.2) is 5.96 Å². The van der Waals surface area contributed by atoms with Gasteiger partial charge in [0.25, 0.3) is 0 Å². The van der Waals surface area contributed by atoms with Crippen molar-refractivity contribution in [2.24, 2.45) is 16.6 Å². The van der Waals surface area contributed by atoms with Crippen molar-refractivity contribution in [2.45, 2.75) is 31.8 Å². The Bertz CT molecular complexity index is 799. The zero-order valence-corrected chi connectivity index (χ0v) is 19.7. The van der Waals surface area contributed by atoms with Gasteiger partial charge in [-0.15, -0.1) is 48.5 Å². The molecule has 5 nitrogen and oxygen atoms in total. The number of nitrogens with one attached hydrogen (secondary N) is 1. The van der Waals surface area contributed by atoms with E-state index in [1.165, 1.54) is 17.0 Å². The molecular weight excluding hydrogens is 528 g/mol. The number of hydrogen-bond acceptors (Lipinski definition) is 4. The summed E-state index contributed by atoms with van der Waals surface area (Å²) in [6.07, 6.45) is -2.43. The zero-order chi connectivity index (χ0) is 20.9. The second-order valence-electron chi connectivity index (χ2n) is 7.12. The van der Waals surface area contributed by atoms with Gasteiger partial charge in [-0.25, -0.2) is 4.99 Å². The van der Waals surface area contributed by atoms with Crippen LogP contribution >= 0.6 is 35.3 Å². The minimum atomic E-state index is -4.69. The van der Waals surface area contributed by atoms with E-state index in [9.17, 15) is 13.2 Å². The Balaban J connectivity index is 0.00000320. The number of thiophene rings is 1. The maximum absolute atomic E-state index is 12.2. The molecule has 1 aromatic heterocycles. The first-order chi connectivity index (χ1) is 13.8. The van der Waals surface area contributed by atoms with Gasteiger partial charge in [0, 0.05) is 17.5 Å². The summed E-state index contributed by atoms with van der Waals surface area (Å²) in [6.45, 7) is 2.08. The molecule has 10 heteroatoms. The third-order valence-corrected chi connectivity index (χ3v) is 5.92. The number of nitrogens with zero attached hydrogens (tertiary/aromatic N) is 2. The van der Waals surface area contributed by atoms with Crippen molar-refractivity contribution in [3.05, 3.63) is 52.2 Å². The molecule has 0 spiro atoms. The average Bonchev–Trinajstić information content (AvgIpc) is 3.19. The maximum Gasteiger partial charge on any atom is 0.573 e. The third-order valence-electron chi connectivity index (χ3n) is 4.98. The van der Waals surface area contributed by atoms with Crippen LogP contribution in [0.2, 0.25) is 0 Å². The van der Waals surface area contributed by atoms with Crippen LogP contribution in [-0.4, -0.2) is 37.4 Å². The molecule has 166 valence electrons. The molecule has 30 heavy (non-hydrogen) atoms. The van der Waals surface area contributed by atoms with Crippen LogP contribution < -0.4 is 15.8 Å². The number of benzene rings is 1. The third kappa shape index (κ3) is 7.31. The van der Waals surface area contributed by atoms with Crippen LogP contribution in [0.25, 0.3) is 0 Å². The highest BCUT2D eigenvalue weighted by atomic mass is 127. The quantitative estimate of drug-likeness (QED) is 0.308. The summed E-state index contributed by atoms with van der Waals surface area (Å²) in [5.74, 6) is 0.510. The van der Waals surface area contributed by atoms with E-state index in [-0.39, 0.29) is 36.3 Å². The minimum Gasteiger partial charge on any atom is -0.406 e. The summed E-state index contributed by atoms with van der Waals surface area (Å²) in [5, 5.41) is 5.31. The van der Waals surface area contributed by atoms with Gasteiger partial charge in [-0.1, -0.05) is 18.2 Å². The van der Waals surface area contributed by atoms with Crippen LogP contribution in [-0.2, 0) is 6.54 Å². The summed E-state index contributed by atoms with van der Waals surface area (Å²) in [7, 11) is 2.15. The number of alkyl halides is 3. The van der Waals surface area contributed by atoms with Crippen molar-refractivity contribution in [1.82, 2.24) is 10.2 Å². The van der Waals surface area contributed by atoms with Gasteiger partial charge in [0.05, 0.1) is 6.54 Å². The number of rotatable bonds is 6. The number of nitrogens with two attached hydrogens (primary N) is 1. The molecule has 1 aromatic carbocycles. The lowest BCUT2D eigenvalue weighted by atomic mass is 9.88. The van der Waals surface area contributed by atoms with E-state index < -0.39 is 6.36 Å². The van der Waals surface area contributed by atoms with Crippen LogP contribution in [0.3, 0.4) is 0 Å². The second-order valence-corrected chi connectivity index (χ2v) is 8.10. The van der Waals surface area contributed by atoms with Crippen molar-refractivity contribution in [3.63, 3.8) is 0 Å². The fourth-order valence-electron chi connectivity index (χ4n) is 3.65. The predicted molar refractivity (Wildman–Crippen MR) is 124 cm³/mol. The molecule has 0 bridgehead atoms. The first-order valence-corrected chi connectivity index (χ1v) is 10.3. The summed E-state index contributed by atoms with van der Waals surface area (Å²) >= 11 is 1.77. The summed E-state index contributed by atoms with van der Waals surface area (Å²) in [6, 6.07) is 10.2. The number of likely N-dealkylation sites (tertiary alicyclic amines) is 1. The Morgan fingerprint density at radius 2 is 2.03 bits per heavy atom. The molecule has 3 rings (SSSR count). The largest absolute Gasteiger partial charge is 0.573 e. The van der Waals surface area contributed by atoms with Gasteiger partial charge >= 0.3 is 6.36 Å². The smallest absolute Gasteiger partial charge is 0.406 e. The van der Waals surface area contributed by atoms with Gasteiger partial charge in [0.1, 0.15) is 5.75 Å². The summed E-state index contributed by atoms with van der Waals surface area (Å²) in [5.41, 5.74) is 6.75. The van der Waals surface area contributed by atoms with Crippen molar-refractivity contribution in [2.75, 3.05) is 20.1 Å². The van der Waals surface area contributed by atoms with Gasteiger partial charge in [-0.05, 0) is 61.5 Å². The molecule has 1 aliphatic heterocycles. The van der Waals surface area contributed by atoms with Crippen molar-refractivity contribution in [3.8, 4) is 5.75 Å². The SMILES string of the molecule is CN1CCCC(CNC(N)=NCc2ccc(OC(F)(F)F)cc2)C1c1cccs1.I. The van der Waals surface area contributed by atoms with Crippen LogP contribution in [0.5, 0.6) is 5.75 Å². The van der Waals surface area contributed by atoms with Gasteiger partial charge in [-0.3, -0.25) is 4.90 Å². The molecule has 1 fully saturated rings. The molecule has 0 amide bonds. The van der Waals surface area contributed by atoms with E-state index in [0.29, 0.717) is 17.9 Å². The Morgan fingerprint density at radius 3 is 2.67 bits per heavy atom. The standard InChI is InChI=1S/C20H25F3N4OS.HI/c1-27-10-2-4-15(18(27)17-5-3-11-29-17)13-26-19(24)25-12-14-6-8-16(9-7-14)28-20(21,22)23;/h3,5-9,11,15,18H,2,4,10,12-13H2,1H3,(H3,24,25,26);1H. The Labute approximate surface area is 195 Å². The van der Waals surface area contributed by atoms with E-state index in [0.717, 1.165) is 31.5 Å². The van der Waals surface area contributed by atoms with Crippen LogP contribution in [0.1, 0.15) is 29.3 Å². The van der Waals surface area contributed by atoms with E-state index in [1.54, 1.807) is 23.5 Å². The number of aliphatic imine (C=N–C) groups is 1. The molecule has 0 aliphatic carbocycles. The number of guanidine groups is 1. The predicted octanol–water partition coefficient (Wildman–Crippen LogP) is 4.75. The first-order valence-electron chi connectivity index (χ1n) is 9.44. The maximum atomic E-state index is 12.2. The molecule has 0 radical (unpaired) electrons. The lowest BCUT2D eigenvalue weighted by molar-refractivity contribution is -0.274. The minimum absolute atomic E-state index is 0.